The molecule has 2 aromatic rings. The topological polar surface area (TPSA) is 114 Å². The van der Waals surface area contributed by atoms with Crippen molar-refractivity contribution in [3.8, 4) is 0 Å². The molecule has 3 rings (SSSR count). The van der Waals surface area contributed by atoms with E-state index in [-0.39, 0.29) is 11.4 Å². The fourth-order valence-corrected chi connectivity index (χ4v) is 4.62. The van der Waals surface area contributed by atoms with Gasteiger partial charge in [-0.3, -0.25) is 14.7 Å². The van der Waals surface area contributed by atoms with Crippen molar-refractivity contribution in [3.63, 3.8) is 0 Å². The van der Waals surface area contributed by atoms with E-state index in [1.165, 1.54) is 17.5 Å². The Hall–Kier alpha value is -2.70. The van der Waals surface area contributed by atoms with Gasteiger partial charge < -0.3 is 15.8 Å². The highest BCUT2D eigenvalue weighted by Crippen LogP contribution is 2.48. The number of nitrogens with zero attached hydrogens (tertiary/aromatic N) is 2. The van der Waals surface area contributed by atoms with Crippen LogP contribution in [0.1, 0.15) is 59.0 Å². The summed E-state index contributed by atoms with van der Waals surface area (Å²) in [5.41, 5.74) is 5.77. The Labute approximate surface area is 154 Å². The molecule has 3 heterocycles. The number of rotatable bonds is 3. The molecule has 0 radical (unpaired) electrons. The maximum Gasteiger partial charge on any atom is 0.263 e. The molecule has 0 atom stereocenters. The average Bonchev–Trinajstić information content (AvgIpc) is 3.09. The molecule has 0 saturated carbocycles. The molecule has 1 aliphatic heterocycles. The number of nitrogens with one attached hydrogen (secondary N) is 2. The third-order valence-corrected chi connectivity index (χ3v) is 5.58. The van der Waals surface area contributed by atoms with Crippen LogP contribution in [0.15, 0.2) is 6.20 Å². The summed E-state index contributed by atoms with van der Waals surface area (Å²) in [6.45, 7) is 14.8. The third kappa shape index (κ3) is 2.98. The van der Waals surface area contributed by atoms with Crippen LogP contribution in [-0.4, -0.2) is 27.6 Å². The zero-order valence-corrected chi connectivity index (χ0v) is 15.7. The number of fused-ring (bicyclic) bond motifs is 1. The number of hydrogen-bond donors (Lipinski definition) is 3. The first kappa shape index (κ1) is 18.1. The lowest BCUT2D eigenvalue weighted by Gasteiger charge is -2.41. The SMILES string of the molecule is [C-]#[N+]c1cn[nH]c1C(=O)Nc1sc2c(c1C(N)=O)CC(C)(C)OC2(C)C. The van der Waals surface area contributed by atoms with Crippen LogP contribution < -0.4 is 11.1 Å². The van der Waals surface area contributed by atoms with Crippen LogP contribution in [0.25, 0.3) is 4.85 Å². The highest BCUT2D eigenvalue weighted by molar-refractivity contribution is 7.17. The summed E-state index contributed by atoms with van der Waals surface area (Å²) in [6.07, 6.45) is 1.78. The maximum absolute atomic E-state index is 12.5. The summed E-state index contributed by atoms with van der Waals surface area (Å²) >= 11 is 1.27. The number of nitrogens with two attached hydrogens (primary N) is 1. The predicted molar refractivity (Wildman–Crippen MR) is 97.5 cm³/mol. The van der Waals surface area contributed by atoms with Crippen LogP contribution in [0.3, 0.4) is 0 Å². The van der Waals surface area contributed by atoms with Crippen molar-refractivity contribution >= 4 is 33.8 Å². The Bertz CT molecular complexity index is 948. The van der Waals surface area contributed by atoms with Crippen LogP contribution in [0.4, 0.5) is 10.7 Å². The number of aromatic amines is 1. The first-order valence-electron chi connectivity index (χ1n) is 7.94. The Balaban J connectivity index is 2.07. The van der Waals surface area contributed by atoms with E-state index in [1.807, 2.05) is 27.7 Å². The minimum absolute atomic E-state index is 0.0395. The molecule has 0 aromatic carbocycles. The Kier molecular flexibility index (Phi) is 4.13. The molecule has 26 heavy (non-hydrogen) atoms. The number of hydrogen-bond acceptors (Lipinski definition) is 5. The second kappa shape index (κ2) is 5.93. The van der Waals surface area contributed by atoms with Crippen molar-refractivity contribution in [1.82, 2.24) is 10.2 Å². The molecule has 0 bridgehead atoms. The molecule has 0 saturated heterocycles. The largest absolute Gasteiger partial charge is 0.365 e. The minimum atomic E-state index is -0.620. The Morgan fingerprint density at radius 3 is 2.73 bits per heavy atom. The molecule has 0 unspecified atom stereocenters. The molecule has 2 aromatic heterocycles. The number of carbonyl (C=O) groups excluding carboxylic acids is 2. The molecular weight excluding hydrogens is 354 g/mol. The summed E-state index contributed by atoms with van der Waals surface area (Å²) < 4.78 is 6.14. The average molecular weight is 373 g/mol. The second-order valence-electron chi connectivity index (χ2n) is 7.22. The fourth-order valence-electron chi connectivity index (χ4n) is 3.36. The Morgan fingerprint density at radius 2 is 2.12 bits per heavy atom. The maximum atomic E-state index is 12.5. The lowest BCUT2D eigenvalue weighted by atomic mass is 9.86. The number of thiophene rings is 1. The van der Waals surface area contributed by atoms with Gasteiger partial charge in [0.05, 0.1) is 29.5 Å². The van der Waals surface area contributed by atoms with Gasteiger partial charge in [-0.2, -0.15) is 5.10 Å². The van der Waals surface area contributed by atoms with Crippen molar-refractivity contribution in [3.05, 3.63) is 39.3 Å². The van der Waals surface area contributed by atoms with Crippen molar-refractivity contribution in [1.29, 1.82) is 0 Å². The van der Waals surface area contributed by atoms with Gasteiger partial charge in [0.1, 0.15) is 10.7 Å². The summed E-state index contributed by atoms with van der Waals surface area (Å²) in [4.78, 5) is 28.8. The molecule has 136 valence electrons. The molecular formula is C17H19N5O3S. The van der Waals surface area contributed by atoms with E-state index in [1.54, 1.807) is 0 Å². The van der Waals surface area contributed by atoms with E-state index in [4.69, 9.17) is 17.0 Å². The minimum Gasteiger partial charge on any atom is -0.365 e. The van der Waals surface area contributed by atoms with Gasteiger partial charge in [-0.1, -0.05) is 0 Å². The lowest BCUT2D eigenvalue weighted by Crippen LogP contribution is -2.42. The number of H-pyrrole nitrogens is 1. The molecule has 0 fully saturated rings. The van der Waals surface area contributed by atoms with E-state index < -0.39 is 23.0 Å². The highest BCUT2D eigenvalue weighted by Gasteiger charge is 2.43. The molecule has 8 nitrogen and oxygen atoms in total. The first-order chi connectivity index (χ1) is 12.1. The van der Waals surface area contributed by atoms with Crippen molar-refractivity contribution in [2.75, 3.05) is 5.32 Å². The number of primary amides is 1. The van der Waals surface area contributed by atoms with Crippen LogP contribution in [0.5, 0.6) is 0 Å². The number of amides is 2. The zero-order valence-electron chi connectivity index (χ0n) is 14.9. The van der Waals surface area contributed by atoms with E-state index >= 15 is 0 Å². The van der Waals surface area contributed by atoms with Gasteiger partial charge in [0, 0.05) is 11.3 Å². The summed E-state index contributed by atoms with van der Waals surface area (Å²) in [5.74, 6) is -1.16. The van der Waals surface area contributed by atoms with Crippen molar-refractivity contribution in [2.24, 2.45) is 5.73 Å². The molecule has 0 spiro atoms. The third-order valence-electron chi connectivity index (χ3n) is 4.13. The lowest BCUT2D eigenvalue weighted by molar-refractivity contribution is -0.135. The van der Waals surface area contributed by atoms with Gasteiger partial charge in [-0.25, -0.2) is 4.85 Å². The highest BCUT2D eigenvalue weighted by atomic mass is 32.1. The van der Waals surface area contributed by atoms with Crippen LogP contribution in [0.2, 0.25) is 0 Å². The predicted octanol–water partition coefficient (Wildman–Crippen LogP) is 2.96. The van der Waals surface area contributed by atoms with Crippen LogP contribution in [0, 0.1) is 6.57 Å². The van der Waals surface area contributed by atoms with E-state index in [9.17, 15) is 9.59 Å². The number of anilines is 1. The number of ether oxygens (including phenoxy) is 1. The Morgan fingerprint density at radius 1 is 1.42 bits per heavy atom. The van der Waals surface area contributed by atoms with Gasteiger partial charge >= 0.3 is 0 Å². The second-order valence-corrected chi connectivity index (χ2v) is 8.24. The first-order valence-corrected chi connectivity index (χ1v) is 8.75. The molecule has 9 heteroatoms. The standard InChI is InChI=1S/C17H19N5O3S/c1-16(2)6-8-10(13(18)23)15(26-12(8)17(3,4)25-16)21-14(24)11-9(19-5)7-20-22-11/h7H,6H2,1-4H3,(H2,18,23)(H,20,22)(H,21,24). The monoisotopic (exact) mass is 373 g/mol. The van der Waals surface area contributed by atoms with Crippen molar-refractivity contribution < 1.29 is 14.3 Å². The normalized spacial score (nSPS) is 17.2. The summed E-state index contributed by atoms with van der Waals surface area (Å²) in [7, 11) is 0. The number of carbonyl (C=O) groups is 2. The smallest absolute Gasteiger partial charge is 0.263 e. The number of aromatic nitrogens is 2. The van der Waals surface area contributed by atoms with Crippen LogP contribution >= 0.6 is 11.3 Å². The van der Waals surface area contributed by atoms with Gasteiger partial charge in [0.2, 0.25) is 5.69 Å². The van der Waals surface area contributed by atoms with Gasteiger partial charge in [0.15, 0.2) is 0 Å². The van der Waals surface area contributed by atoms with Crippen LogP contribution in [-0.2, 0) is 16.8 Å². The van der Waals surface area contributed by atoms with E-state index in [2.05, 4.69) is 20.4 Å². The fraction of sp³-hybridized carbons (Fsp3) is 0.412. The molecule has 2 amide bonds. The molecule has 0 aliphatic carbocycles. The van der Waals surface area contributed by atoms with Gasteiger partial charge in [0.25, 0.3) is 11.8 Å². The van der Waals surface area contributed by atoms with Gasteiger partial charge in [-0.05, 0) is 33.3 Å². The summed E-state index contributed by atoms with van der Waals surface area (Å²) in [6, 6.07) is 0. The van der Waals surface area contributed by atoms with Gasteiger partial charge in [-0.15, -0.1) is 11.3 Å². The van der Waals surface area contributed by atoms with E-state index in [0.717, 1.165) is 10.4 Å². The molecule has 1 aliphatic rings. The molecule has 4 N–H and O–H groups in total. The van der Waals surface area contributed by atoms with E-state index in [0.29, 0.717) is 17.0 Å². The quantitative estimate of drug-likeness (QED) is 0.718. The van der Waals surface area contributed by atoms with Crippen molar-refractivity contribution in [2.45, 2.75) is 45.3 Å². The summed E-state index contributed by atoms with van der Waals surface area (Å²) in [5, 5.41) is 9.27. The zero-order chi connectivity index (χ0) is 19.3.